The van der Waals surface area contributed by atoms with Gasteiger partial charge in [-0.15, -0.1) is 0 Å². The number of aliphatic hydroxyl groups excluding tert-OH is 1. The highest BCUT2D eigenvalue weighted by Gasteiger charge is 2.35. The largest absolute Gasteiger partial charge is 0.467 e. The number of carbonyl (C=O) groups is 1. The highest BCUT2D eigenvalue weighted by Crippen LogP contribution is 2.42. The van der Waals surface area contributed by atoms with Crippen LogP contribution in [0.2, 0.25) is 0 Å². The summed E-state index contributed by atoms with van der Waals surface area (Å²) in [6.07, 6.45) is 9.36. The second kappa shape index (κ2) is 6.65. The molecule has 0 saturated heterocycles. The van der Waals surface area contributed by atoms with Crippen LogP contribution in [0.25, 0.3) is 0 Å². The van der Waals surface area contributed by atoms with Gasteiger partial charge in [0.1, 0.15) is 11.9 Å². The molecule has 1 heterocycles. The number of hydrogen-bond donors (Lipinski definition) is 2. The minimum absolute atomic E-state index is 0.102. The minimum atomic E-state index is -0.755. The zero-order chi connectivity index (χ0) is 14.7. The SMILES string of the molecule is O=C(NCC(O)c1ccco1)C1CCC2CCCCC2C1. The number of amides is 1. The first-order chi connectivity index (χ1) is 10.2. The Morgan fingerprint density at radius 3 is 2.86 bits per heavy atom. The average Bonchev–Trinajstić information content (AvgIpc) is 3.06. The third kappa shape index (κ3) is 3.49. The van der Waals surface area contributed by atoms with Gasteiger partial charge in [0, 0.05) is 5.92 Å². The van der Waals surface area contributed by atoms with Gasteiger partial charge in [-0.2, -0.15) is 0 Å². The van der Waals surface area contributed by atoms with Gasteiger partial charge in [-0.1, -0.05) is 25.7 Å². The third-order valence-electron chi connectivity index (χ3n) is 5.25. The molecule has 1 amide bonds. The standard InChI is InChI=1S/C17H25NO3/c19-15(16-6-3-9-21-16)11-18-17(20)14-8-7-12-4-1-2-5-13(12)10-14/h3,6,9,12-15,19H,1-2,4-5,7-8,10-11H2,(H,18,20). The molecule has 0 aromatic carbocycles. The number of furan rings is 1. The quantitative estimate of drug-likeness (QED) is 0.896. The van der Waals surface area contributed by atoms with E-state index in [9.17, 15) is 9.90 Å². The first-order valence-corrected chi connectivity index (χ1v) is 8.23. The highest BCUT2D eigenvalue weighted by molar-refractivity contribution is 5.78. The van der Waals surface area contributed by atoms with Crippen molar-refractivity contribution in [1.82, 2.24) is 5.32 Å². The maximum absolute atomic E-state index is 12.3. The molecule has 2 fully saturated rings. The minimum Gasteiger partial charge on any atom is -0.467 e. The summed E-state index contributed by atoms with van der Waals surface area (Å²) in [7, 11) is 0. The topological polar surface area (TPSA) is 62.5 Å². The second-order valence-electron chi connectivity index (χ2n) is 6.59. The molecule has 21 heavy (non-hydrogen) atoms. The predicted molar refractivity (Wildman–Crippen MR) is 79.5 cm³/mol. The third-order valence-corrected chi connectivity index (χ3v) is 5.25. The molecule has 0 spiro atoms. The van der Waals surface area contributed by atoms with Gasteiger partial charge in [0.15, 0.2) is 0 Å². The van der Waals surface area contributed by atoms with Crippen molar-refractivity contribution in [2.45, 2.75) is 51.0 Å². The van der Waals surface area contributed by atoms with Gasteiger partial charge in [-0.3, -0.25) is 4.79 Å². The summed E-state index contributed by atoms with van der Waals surface area (Å²) >= 11 is 0. The van der Waals surface area contributed by atoms with E-state index >= 15 is 0 Å². The van der Waals surface area contributed by atoms with Gasteiger partial charge >= 0.3 is 0 Å². The van der Waals surface area contributed by atoms with Crippen LogP contribution in [0.15, 0.2) is 22.8 Å². The molecule has 0 aliphatic heterocycles. The van der Waals surface area contributed by atoms with Crippen molar-refractivity contribution < 1.29 is 14.3 Å². The molecule has 0 bridgehead atoms. The maximum atomic E-state index is 12.3. The lowest BCUT2D eigenvalue weighted by molar-refractivity contribution is -0.127. The van der Waals surface area contributed by atoms with E-state index in [2.05, 4.69) is 5.32 Å². The number of hydrogen-bond acceptors (Lipinski definition) is 3. The molecule has 4 heteroatoms. The van der Waals surface area contributed by atoms with E-state index in [0.717, 1.165) is 24.7 Å². The van der Waals surface area contributed by atoms with E-state index in [-0.39, 0.29) is 18.4 Å². The second-order valence-corrected chi connectivity index (χ2v) is 6.59. The Morgan fingerprint density at radius 1 is 1.29 bits per heavy atom. The summed E-state index contributed by atoms with van der Waals surface area (Å²) in [6, 6.07) is 3.47. The monoisotopic (exact) mass is 291 g/mol. The van der Waals surface area contributed by atoms with Crippen LogP contribution in [-0.4, -0.2) is 17.6 Å². The zero-order valence-corrected chi connectivity index (χ0v) is 12.5. The fourth-order valence-corrected chi connectivity index (χ4v) is 4.03. The smallest absolute Gasteiger partial charge is 0.223 e. The van der Waals surface area contributed by atoms with Crippen LogP contribution in [0.1, 0.15) is 56.8 Å². The van der Waals surface area contributed by atoms with Gasteiger partial charge in [-0.25, -0.2) is 0 Å². The van der Waals surface area contributed by atoms with Crippen LogP contribution in [0.5, 0.6) is 0 Å². The van der Waals surface area contributed by atoms with Crippen LogP contribution in [0, 0.1) is 17.8 Å². The van der Waals surface area contributed by atoms with E-state index in [0.29, 0.717) is 5.76 Å². The first kappa shape index (κ1) is 14.6. The average molecular weight is 291 g/mol. The lowest BCUT2D eigenvalue weighted by Crippen LogP contribution is -2.38. The molecule has 3 rings (SSSR count). The number of fused-ring (bicyclic) bond motifs is 1. The van der Waals surface area contributed by atoms with Gasteiger partial charge in [0.25, 0.3) is 0 Å². The number of rotatable bonds is 4. The van der Waals surface area contributed by atoms with Crippen molar-refractivity contribution in [3.63, 3.8) is 0 Å². The molecule has 2 saturated carbocycles. The Morgan fingerprint density at radius 2 is 2.10 bits per heavy atom. The summed E-state index contributed by atoms with van der Waals surface area (Å²) in [4.78, 5) is 12.3. The molecule has 2 aliphatic carbocycles. The van der Waals surface area contributed by atoms with Crippen LogP contribution < -0.4 is 5.32 Å². The molecular weight excluding hydrogens is 266 g/mol. The number of aliphatic hydroxyl groups is 1. The van der Waals surface area contributed by atoms with Crippen molar-refractivity contribution in [3.05, 3.63) is 24.2 Å². The lowest BCUT2D eigenvalue weighted by atomic mass is 9.67. The van der Waals surface area contributed by atoms with Crippen molar-refractivity contribution >= 4 is 5.91 Å². The van der Waals surface area contributed by atoms with E-state index in [1.807, 2.05) is 0 Å². The lowest BCUT2D eigenvalue weighted by Gasteiger charge is -2.38. The van der Waals surface area contributed by atoms with Gasteiger partial charge in [0.2, 0.25) is 5.91 Å². The Hall–Kier alpha value is -1.29. The molecule has 4 atom stereocenters. The normalized spacial score (nSPS) is 30.4. The van der Waals surface area contributed by atoms with Crippen LogP contribution in [0.3, 0.4) is 0 Å². The van der Waals surface area contributed by atoms with Gasteiger partial charge < -0.3 is 14.8 Å². The Kier molecular flexibility index (Phi) is 4.63. The summed E-state index contributed by atoms with van der Waals surface area (Å²) in [5, 5.41) is 12.8. The number of carbonyl (C=O) groups excluding carboxylic acids is 1. The summed E-state index contributed by atoms with van der Waals surface area (Å²) in [6.45, 7) is 0.233. The van der Waals surface area contributed by atoms with E-state index in [1.54, 1.807) is 12.1 Å². The molecule has 4 nitrogen and oxygen atoms in total. The predicted octanol–water partition coefficient (Wildman–Crippen LogP) is 3.04. The summed E-state index contributed by atoms with van der Waals surface area (Å²) in [5.74, 6) is 2.35. The van der Waals surface area contributed by atoms with Crippen molar-refractivity contribution in [2.75, 3.05) is 6.54 Å². The fourth-order valence-electron chi connectivity index (χ4n) is 4.03. The van der Waals surface area contributed by atoms with Crippen LogP contribution in [-0.2, 0) is 4.79 Å². The molecule has 2 aliphatic rings. The van der Waals surface area contributed by atoms with E-state index in [4.69, 9.17) is 4.42 Å². The van der Waals surface area contributed by atoms with Crippen molar-refractivity contribution in [3.8, 4) is 0 Å². The molecular formula is C17H25NO3. The summed E-state index contributed by atoms with van der Waals surface area (Å²) < 4.78 is 5.14. The Balaban J connectivity index is 1.47. The molecule has 1 aromatic rings. The Labute approximate surface area is 125 Å². The zero-order valence-electron chi connectivity index (χ0n) is 12.5. The van der Waals surface area contributed by atoms with E-state index in [1.165, 1.54) is 38.4 Å². The summed E-state index contributed by atoms with van der Waals surface area (Å²) in [5.41, 5.74) is 0. The van der Waals surface area contributed by atoms with Crippen molar-refractivity contribution in [2.24, 2.45) is 17.8 Å². The maximum Gasteiger partial charge on any atom is 0.223 e. The fraction of sp³-hybridized carbons (Fsp3) is 0.706. The molecule has 2 N–H and O–H groups in total. The molecule has 0 radical (unpaired) electrons. The molecule has 1 aromatic heterocycles. The number of nitrogens with one attached hydrogen (secondary N) is 1. The molecule has 4 unspecified atom stereocenters. The highest BCUT2D eigenvalue weighted by atomic mass is 16.4. The van der Waals surface area contributed by atoms with Gasteiger partial charge in [-0.05, 0) is 43.2 Å². The Bertz CT molecular complexity index is 457. The van der Waals surface area contributed by atoms with Crippen molar-refractivity contribution in [1.29, 1.82) is 0 Å². The van der Waals surface area contributed by atoms with Gasteiger partial charge in [0.05, 0.1) is 12.8 Å². The van der Waals surface area contributed by atoms with E-state index < -0.39 is 6.10 Å². The first-order valence-electron chi connectivity index (χ1n) is 8.23. The van der Waals surface area contributed by atoms with Crippen LogP contribution in [0.4, 0.5) is 0 Å². The van der Waals surface area contributed by atoms with Crippen LogP contribution >= 0.6 is 0 Å². The molecule has 116 valence electrons.